The van der Waals surface area contributed by atoms with Gasteiger partial charge < -0.3 is 4.74 Å². The van der Waals surface area contributed by atoms with Gasteiger partial charge in [-0.3, -0.25) is 10.00 Å². The van der Waals surface area contributed by atoms with Gasteiger partial charge in [-0.05, 0) is 26.3 Å². The van der Waals surface area contributed by atoms with Crippen LogP contribution in [-0.2, 0) is 0 Å². The van der Waals surface area contributed by atoms with Crippen molar-refractivity contribution in [3.63, 3.8) is 0 Å². The van der Waals surface area contributed by atoms with Crippen LogP contribution in [0.25, 0.3) is 0 Å². The summed E-state index contributed by atoms with van der Waals surface area (Å²) in [6.45, 7) is 3.77. The van der Waals surface area contributed by atoms with Crippen molar-refractivity contribution < 1.29 is 4.74 Å². The Morgan fingerprint density at radius 1 is 1.77 bits per heavy atom. The first-order valence-corrected chi connectivity index (χ1v) is 4.80. The van der Waals surface area contributed by atoms with Crippen LogP contribution in [0, 0.1) is 0 Å². The zero-order valence-corrected chi connectivity index (χ0v) is 7.86. The minimum atomic E-state index is 0.370. The second kappa shape index (κ2) is 3.79. The van der Waals surface area contributed by atoms with Crippen LogP contribution in [-0.4, -0.2) is 22.9 Å². The second-order valence-electron chi connectivity index (χ2n) is 3.20. The van der Waals surface area contributed by atoms with E-state index in [0.29, 0.717) is 12.8 Å². The van der Waals surface area contributed by atoms with Gasteiger partial charge >= 0.3 is 0 Å². The van der Waals surface area contributed by atoms with E-state index in [1.165, 1.54) is 6.42 Å². The number of nitrogens with zero attached hydrogens (tertiary/aromatic N) is 2. The number of nitrogens with one attached hydrogen (secondary N) is 1. The van der Waals surface area contributed by atoms with Crippen LogP contribution in [0.5, 0.6) is 5.75 Å². The Hall–Kier alpha value is -1.03. The average Bonchev–Trinajstić information content (AvgIpc) is 2.70. The van der Waals surface area contributed by atoms with E-state index in [2.05, 4.69) is 10.4 Å². The van der Waals surface area contributed by atoms with Crippen molar-refractivity contribution >= 4 is 0 Å². The molecular formula is C9H15N3O. The number of aromatic nitrogens is 2. The predicted octanol–water partition coefficient (Wildman–Crippen LogP) is 1.16. The van der Waals surface area contributed by atoms with Gasteiger partial charge in [-0.15, -0.1) is 0 Å². The maximum Gasteiger partial charge on any atom is 0.157 e. The highest BCUT2D eigenvalue weighted by atomic mass is 16.5. The van der Waals surface area contributed by atoms with Crippen LogP contribution < -0.4 is 10.1 Å². The van der Waals surface area contributed by atoms with E-state index in [0.717, 1.165) is 18.7 Å². The Bertz CT molecular complexity index is 266. The van der Waals surface area contributed by atoms with E-state index in [4.69, 9.17) is 4.74 Å². The fourth-order valence-electron chi connectivity index (χ4n) is 1.62. The van der Waals surface area contributed by atoms with Gasteiger partial charge in [0.2, 0.25) is 0 Å². The first-order valence-electron chi connectivity index (χ1n) is 4.80. The van der Waals surface area contributed by atoms with Crippen LogP contribution in [0.15, 0.2) is 12.4 Å². The summed E-state index contributed by atoms with van der Waals surface area (Å²) in [4.78, 5) is 0. The molecule has 1 saturated heterocycles. The Labute approximate surface area is 77.9 Å². The molecule has 1 aliphatic heterocycles. The van der Waals surface area contributed by atoms with Gasteiger partial charge in [0.15, 0.2) is 5.75 Å². The number of hydrogen-bond acceptors (Lipinski definition) is 3. The standard InChI is InChI=1S/C9H15N3O/c1-2-13-8-6-11-12(7-8)9-4-3-5-10-9/h6-7,9-10H,2-5H2,1H3. The largest absolute Gasteiger partial charge is 0.491 e. The highest BCUT2D eigenvalue weighted by molar-refractivity contribution is 5.12. The van der Waals surface area contributed by atoms with Gasteiger partial charge in [0.05, 0.1) is 19.0 Å². The van der Waals surface area contributed by atoms with Crippen molar-refractivity contribution in [3.8, 4) is 5.75 Å². The number of rotatable bonds is 3. The summed E-state index contributed by atoms with van der Waals surface area (Å²) < 4.78 is 7.28. The van der Waals surface area contributed by atoms with Crippen molar-refractivity contribution in [2.75, 3.05) is 13.2 Å². The summed E-state index contributed by atoms with van der Waals surface area (Å²) in [6, 6.07) is 0. The maximum atomic E-state index is 5.33. The van der Waals surface area contributed by atoms with Crippen molar-refractivity contribution in [2.45, 2.75) is 25.9 Å². The molecule has 1 N–H and O–H groups in total. The Balaban J connectivity index is 2.03. The van der Waals surface area contributed by atoms with Crippen LogP contribution in [0.4, 0.5) is 0 Å². The highest BCUT2D eigenvalue weighted by Gasteiger charge is 2.16. The van der Waals surface area contributed by atoms with Crippen molar-refractivity contribution in [1.82, 2.24) is 15.1 Å². The summed E-state index contributed by atoms with van der Waals surface area (Å²) in [5.74, 6) is 0.858. The minimum absolute atomic E-state index is 0.370. The highest BCUT2D eigenvalue weighted by Crippen LogP contribution is 2.18. The summed E-state index contributed by atoms with van der Waals surface area (Å²) >= 11 is 0. The molecule has 0 radical (unpaired) electrons. The third-order valence-corrected chi connectivity index (χ3v) is 2.24. The van der Waals surface area contributed by atoms with E-state index >= 15 is 0 Å². The van der Waals surface area contributed by atoms with Gasteiger partial charge in [-0.25, -0.2) is 0 Å². The van der Waals surface area contributed by atoms with Crippen molar-refractivity contribution in [1.29, 1.82) is 0 Å². The molecule has 1 aliphatic rings. The molecule has 72 valence electrons. The van der Waals surface area contributed by atoms with E-state index in [1.807, 2.05) is 17.8 Å². The summed E-state index contributed by atoms with van der Waals surface area (Å²) in [5, 5.41) is 7.62. The molecular weight excluding hydrogens is 166 g/mol. The fraction of sp³-hybridized carbons (Fsp3) is 0.667. The van der Waals surface area contributed by atoms with Gasteiger partial charge in [0.1, 0.15) is 6.17 Å². The number of ether oxygens (including phenoxy) is 1. The molecule has 1 fully saturated rings. The zero-order valence-electron chi connectivity index (χ0n) is 7.86. The molecule has 0 spiro atoms. The first-order chi connectivity index (χ1) is 6.40. The normalized spacial score (nSPS) is 22.1. The lowest BCUT2D eigenvalue weighted by atomic mass is 10.3. The van der Waals surface area contributed by atoms with Gasteiger partial charge in [-0.2, -0.15) is 5.10 Å². The molecule has 1 aromatic rings. The summed E-state index contributed by atoms with van der Waals surface area (Å²) in [5.41, 5.74) is 0. The Morgan fingerprint density at radius 2 is 2.69 bits per heavy atom. The van der Waals surface area contributed by atoms with Crippen LogP contribution >= 0.6 is 0 Å². The van der Waals surface area contributed by atoms with Crippen LogP contribution in [0.2, 0.25) is 0 Å². The smallest absolute Gasteiger partial charge is 0.157 e. The predicted molar refractivity (Wildman–Crippen MR) is 49.7 cm³/mol. The van der Waals surface area contributed by atoms with Crippen molar-refractivity contribution in [3.05, 3.63) is 12.4 Å². The lowest BCUT2D eigenvalue weighted by molar-refractivity contribution is 0.338. The zero-order chi connectivity index (χ0) is 9.10. The molecule has 0 amide bonds. The molecule has 2 rings (SSSR count). The molecule has 0 saturated carbocycles. The SMILES string of the molecule is CCOc1cnn(C2CCCN2)c1. The lowest BCUT2D eigenvalue weighted by Gasteiger charge is -2.09. The second-order valence-corrected chi connectivity index (χ2v) is 3.20. The van der Waals surface area contributed by atoms with Crippen LogP contribution in [0.1, 0.15) is 25.9 Å². The van der Waals surface area contributed by atoms with Gasteiger partial charge in [0, 0.05) is 0 Å². The molecule has 0 aromatic carbocycles. The van der Waals surface area contributed by atoms with Crippen LogP contribution in [0.3, 0.4) is 0 Å². The molecule has 13 heavy (non-hydrogen) atoms. The third-order valence-electron chi connectivity index (χ3n) is 2.24. The Morgan fingerprint density at radius 3 is 3.38 bits per heavy atom. The quantitative estimate of drug-likeness (QED) is 0.760. The summed E-state index contributed by atoms with van der Waals surface area (Å²) in [7, 11) is 0. The molecule has 4 heteroatoms. The topological polar surface area (TPSA) is 39.1 Å². The average molecular weight is 181 g/mol. The molecule has 4 nitrogen and oxygen atoms in total. The van der Waals surface area contributed by atoms with E-state index in [9.17, 15) is 0 Å². The van der Waals surface area contributed by atoms with E-state index in [1.54, 1.807) is 6.20 Å². The third kappa shape index (κ3) is 1.83. The minimum Gasteiger partial charge on any atom is -0.491 e. The Kier molecular flexibility index (Phi) is 2.49. The molecule has 2 heterocycles. The van der Waals surface area contributed by atoms with Crippen molar-refractivity contribution in [2.24, 2.45) is 0 Å². The van der Waals surface area contributed by atoms with E-state index < -0.39 is 0 Å². The summed E-state index contributed by atoms with van der Waals surface area (Å²) in [6.07, 6.45) is 6.48. The number of hydrogen-bond donors (Lipinski definition) is 1. The molecule has 0 bridgehead atoms. The van der Waals surface area contributed by atoms with Gasteiger partial charge in [-0.1, -0.05) is 0 Å². The monoisotopic (exact) mass is 181 g/mol. The molecule has 0 aliphatic carbocycles. The first kappa shape index (κ1) is 8.56. The fourth-order valence-corrected chi connectivity index (χ4v) is 1.62. The molecule has 1 unspecified atom stereocenters. The molecule has 1 atom stereocenters. The maximum absolute atomic E-state index is 5.33. The molecule has 1 aromatic heterocycles. The lowest BCUT2D eigenvalue weighted by Crippen LogP contribution is -2.20. The van der Waals surface area contributed by atoms with E-state index in [-0.39, 0.29) is 0 Å². The van der Waals surface area contributed by atoms with Gasteiger partial charge in [0.25, 0.3) is 0 Å².